The summed E-state index contributed by atoms with van der Waals surface area (Å²) in [5.41, 5.74) is -0.980. The Balaban J connectivity index is 3.20. The van der Waals surface area contributed by atoms with Crippen LogP contribution in [0.4, 0.5) is 18.9 Å². The van der Waals surface area contributed by atoms with Crippen molar-refractivity contribution in [2.75, 3.05) is 6.61 Å². The van der Waals surface area contributed by atoms with Gasteiger partial charge in [-0.25, -0.2) is 4.98 Å². The van der Waals surface area contributed by atoms with Crippen LogP contribution in [0.15, 0.2) is 6.20 Å². The number of rotatable bonds is 5. The number of esters is 1. The summed E-state index contributed by atoms with van der Waals surface area (Å²) in [7, 11) is 0. The molecule has 116 valence electrons. The maximum absolute atomic E-state index is 12.2. The van der Waals surface area contributed by atoms with Crippen molar-refractivity contribution in [3.63, 3.8) is 0 Å². The van der Waals surface area contributed by atoms with E-state index in [1.807, 2.05) is 0 Å². The number of nitrogens with zero attached hydrogens (tertiary/aromatic N) is 2. The summed E-state index contributed by atoms with van der Waals surface area (Å²) in [4.78, 5) is 24.4. The lowest BCUT2D eigenvalue weighted by molar-refractivity contribution is -0.389. The van der Waals surface area contributed by atoms with Crippen LogP contribution in [0.25, 0.3) is 0 Å². The molecule has 0 aliphatic rings. The molecule has 0 saturated carbocycles. The maximum atomic E-state index is 12.2. The second kappa shape index (κ2) is 6.37. The molecule has 0 N–H and O–H groups in total. The first-order valence-corrected chi connectivity index (χ1v) is 5.70. The summed E-state index contributed by atoms with van der Waals surface area (Å²) in [5, 5.41) is 10.9. The van der Waals surface area contributed by atoms with E-state index >= 15 is 0 Å². The van der Waals surface area contributed by atoms with Gasteiger partial charge in [-0.1, -0.05) is 0 Å². The molecule has 1 rings (SSSR count). The summed E-state index contributed by atoms with van der Waals surface area (Å²) < 4.78 is 44.7. The van der Waals surface area contributed by atoms with Crippen LogP contribution in [0.5, 0.6) is 5.88 Å². The average molecular weight is 308 g/mol. The van der Waals surface area contributed by atoms with Crippen LogP contribution in [-0.4, -0.2) is 28.8 Å². The van der Waals surface area contributed by atoms with E-state index in [0.29, 0.717) is 0 Å². The SMILES string of the molecule is CCOC(=O)Cc1cnc(OC(F)(F)F)c([N+](=O)[O-])c1C. The van der Waals surface area contributed by atoms with Crippen LogP contribution in [0.3, 0.4) is 0 Å². The Morgan fingerprint density at radius 2 is 2.10 bits per heavy atom. The van der Waals surface area contributed by atoms with Crippen LogP contribution < -0.4 is 4.74 Å². The lowest BCUT2D eigenvalue weighted by atomic mass is 10.1. The first kappa shape index (κ1) is 16.7. The van der Waals surface area contributed by atoms with Gasteiger partial charge in [0.25, 0.3) is 0 Å². The van der Waals surface area contributed by atoms with Crippen molar-refractivity contribution in [3.05, 3.63) is 27.4 Å². The Hall–Kier alpha value is -2.39. The van der Waals surface area contributed by atoms with Crippen molar-refractivity contribution >= 4 is 11.7 Å². The minimum atomic E-state index is -5.10. The Labute approximate surface area is 116 Å². The van der Waals surface area contributed by atoms with Crippen molar-refractivity contribution in [2.24, 2.45) is 0 Å². The zero-order chi connectivity index (χ0) is 16.2. The van der Waals surface area contributed by atoms with Crippen molar-refractivity contribution in [1.29, 1.82) is 0 Å². The van der Waals surface area contributed by atoms with Gasteiger partial charge >= 0.3 is 23.9 Å². The predicted molar refractivity (Wildman–Crippen MR) is 62.6 cm³/mol. The smallest absolute Gasteiger partial charge is 0.466 e. The van der Waals surface area contributed by atoms with Crippen molar-refractivity contribution in [2.45, 2.75) is 26.6 Å². The molecule has 1 heterocycles. The minimum absolute atomic E-state index is 0.0923. The number of nitro groups is 1. The molecule has 0 aliphatic heterocycles. The number of halogens is 3. The molecule has 0 unspecified atom stereocenters. The monoisotopic (exact) mass is 308 g/mol. The third-order valence-corrected chi connectivity index (χ3v) is 2.41. The highest BCUT2D eigenvalue weighted by Gasteiger charge is 2.36. The van der Waals surface area contributed by atoms with Crippen LogP contribution in [0.1, 0.15) is 18.1 Å². The van der Waals surface area contributed by atoms with Crippen LogP contribution in [0, 0.1) is 17.0 Å². The Kier molecular flexibility index (Phi) is 5.06. The van der Waals surface area contributed by atoms with E-state index in [4.69, 9.17) is 0 Å². The van der Waals surface area contributed by atoms with Gasteiger partial charge in [0.2, 0.25) is 0 Å². The van der Waals surface area contributed by atoms with Crippen molar-refractivity contribution in [3.8, 4) is 5.88 Å². The molecular formula is C11H11F3N2O5. The summed E-state index contributed by atoms with van der Waals surface area (Å²) in [6, 6.07) is 0. The van der Waals surface area contributed by atoms with E-state index in [1.165, 1.54) is 6.92 Å². The molecule has 7 nitrogen and oxygen atoms in total. The van der Waals surface area contributed by atoms with Gasteiger partial charge in [0, 0.05) is 11.8 Å². The first-order chi connectivity index (χ1) is 9.65. The van der Waals surface area contributed by atoms with Gasteiger partial charge in [-0.15, -0.1) is 13.2 Å². The molecule has 0 bridgehead atoms. The van der Waals surface area contributed by atoms with Crippen LogP contribution >= 0.6 is 0 Å². The second-order valence-electron chi connectivity index (χ2n) is 3.85. The van der Waals surface area contributed by atoms with Crippen molar-refractivity contribution in [1.82, 2.24) is 4.98 Å². The van der Waals surface area contributed by atoms with Crippen LogP contribution in [0.2, 0.25) is 0 Å². The number of hydrogen-bond donors (Lipinski definition) is 0. The zero-order valence-electron chi connectivity index (χ0n) is 11.1. The van der Waals surface area contributed by atoms with Gasteiger partial charge in [-0.05, 0) is 19.4 Å². The lowest BCUT2D eigenvalue weighted by Gasteiger charge is -2.11. The standard InChI is InChI=1S/C11H11F3N2O5/c1-3-20-8(17)4-7-5-15-10(21-11(12,13)14)9(6(7)2)16(18)19/h5H,3-4H2,1-2H3. The number of pyridine rings is 1. The molecular weight excluding hydrogens is 297 g/mol. The average Bonchev–Trinajstić information content (AvgIpc) is 2.30. The number of ether oxygens (including phenoxy) is 2. The Morgan fingerprint density at radius 3 is 2.57 bits per heavy atom. The molecule has 0 aliphatic carbocycles. The molecule has 1 aromatic rings. The van der Waals surface area contributed by atoms with E-state index in [-0.39, 0.29) is 24.2 Å². The summed E-state index contributed by atoms with van der Waals surface area (Å²) in [5.74, 6) is -1.83. The van der Waals surface area contributed by atoms with E-state index in [1.54, 1.807) is 6.92 Å². The van der Waals surface area contributed by atoms with E-state index in [2.05, 4.69) is 14.5 Å². The second-order valence-corrected chi connectivity index (χ2v) is 3.85. The number of alkyl halides is 3. The molecule has 1 aromatic heterocycles. The lowest BCUT2D eigenvalue weighted by Crippen LogP contribution is -2.19. The Bertz CT molecular complexity index is 560. The summed E-state index contributed by atoms with van der Waals surface area (Å²) in [6.07, 6.45) is -4.52. The molecule has 0 amide bonds. The van der Waals surface area contributed by atoms with Crippen molar-refractivity contribution < 1.29 is 32.4 Å². The van der Waals surface area contributed by atoms with E-state index in [0.717, 1.165) is 6.20 Å². The van der Waals surface area contributed by atoms with Gasteiger partial charge in [0.15, 0.2) is 0 Å². The summed E-state index contributed by atoms with van der Waals surface area (Å²) in [6.45, 7) is 2.89. The topological polar surface area (TPSA) is 91.6 Å². The maximum Gasteiger partial charge on any atom is 0.574 e. The highest BCUT2D eigenvalue weighted by atomic mass is 19.4. The highest BCUT2D eigenvalue weighted by molar-refractivity contribution is 5.73. The fourth-order valence-electron chi connectivity index (χ4n) is 1.55. The predicted octanol–water partition coefficient (Wildman–Crippen LogP) is 2.30. The summed E-state index contributed by atoms with van der Waals surface area (Å²) >= 11 is 0. The molecule has 0 atom stereocenters. The largest absolute Gasteiger partial charge is 0.574 e. The third-order valence-electron chi connectivity index (χ3n) is 2.41. The number of carbonyl (C=O) groups is 1. The zero-order valence-corrected chi connectivity index (χ0v) is 11.1. The number of aromatic nitrogens is 1. The van der Waals surface area contributed by atoms with Gasteiger partial charge in [-0.3, -0.25) is 14.9 Å². The molecule has 10 heteroatoms. The first-order valence-electron chi connectivity index (χ1n) is 5.70. The molecule has 21 heavy (non-hydrogen) atoms. The third kappa shape index (κ3) is 4.58. The molecule has 0 radical (unpaired) electrons. The van der Waals surface area contributed by atoms with Gasteiger partial charge in [0.1, 0.15) is 0 Å². The van der Waals surface area contributed by atoms with Gasteiger partial charge < -0.3 is 9.47 Å². The molecule has 0 spiro atoms. The van der Waals surface area contributed by atoms with Gasteiger partial charge in [-0.2, -0.15) is 0 Å². The normalized spacial score (nSPS) is 11.1. The Morgan fingerprint density at radius 1 is 1.48 bits per heavy atom. The molecule has 0 fully saturated rings. The van der Waals surface area contributed by atoms with E-state index < -0.39 is 28.8 Å². The quantitative estimate of drug-likeness (QED) is 0.471. The fourth-order valence-corrected chi connectivity index (χ4v) is 1.55. The highest BCUT2D eigenvalue weighted by Crippen LogP contribution is 2.34. The fraction of sp³-hybridized carbons (Fsp3) is 0.455. The molecule has 0 aromatic carbocycles. The van der Waals surface area contributed by atoms with Gasteiger partial charge in [0.05, 0.1) is 18.0 Å². The van der Waals surface area contributed by atoms with E-state index in [9.17, 15) is 28.1 Å². The number of hydrogen-bond acceptors (Lipinski definition) is 6. The van der Waals surface area contributed by atoms with Crippen LogP contribution in [-0.2, 0) is 16.0 Å². The minimum Gasteiger partial charge on any atom is -0.466 e. The molecule has 0 saturated heterocycles. The number of carbonyl (C=O) groups excluding carboxylic acids is 1.